The third-order valence-electron chi connectivity index (χ3n) is 2.67. The van der Waals surface area contributed by atoms with E-state index in [-0.39, 0.29) is 6.54 Å². The third kappa shape index (κ3) is 3.16. The highest BCUT2D eigenvalue weighted by Gasteiger charge is 2.10. The molecule has 1 aromatic heterocycles. The highest BCUT2D eigenvalue weighted by Crippen LogP contribution is 2.29. The molecule has 0 aliphatic heterocycles. The molecule has 20 heavy (non-hydrogen) atoms. The van der Waals surface area contributed by atoms with Gasteiger partial charge in [0, 0.05) is 6.20 Å². The average Bonchev–Trinajstić information content (AvgIpc) is 2.44. The predicted octanol–water partition coefficient (Wildman–Crippen LogP) is 3.37. The Hall–Kier alpha value is -2.32. The van der Waals surface area contributed by atoms with E-state index >= 15 is 0 Å². The first-order valence-corrected chi connectivity index (χ1v) is 6.12. The van der Waals surface area contributed by atoms with Gasteiger partial charge in [-0.25, -0.2) is 4.39 Å². The van der Waals surface area contributed by atoms with Crippen LogP contribution in [-0.2, 0) is 6.54 Å². The molecule has 1 aromatic carbocycles. The van der Waals surface area contributed by atoms with Crippen LogP contribution in [0.4, 0.5) is 10.1 Å². The molecule has 0 fully saturated rings. The second kappa shape index (κ2) is 6.22. The Kier molecular flexibility index (Phi) is 4.38. The number of nitrogens with zero attached hydrogens (tertiary/aromatic N) is 3. The molecule has 0 saturated heterocycles. The first-order chi connectivity index (χ1) is 9.63. The fourth-order valence-corrected chi connectivity index (χ4v) is 1.98. The van der Waals surface area contributed by atoms with Gasteiger partial charge in [-0.3, -0.25) is 9.88 Å². The van der Waals surface area contributed by atoms with Crippen molar-refractivity contribution in [3.63, 3.8) is 0 Å². The van der Waals surface area contributed by atoms with Crippen LogP contribution in [0, 0.1) is 17.3 Å². The smallest absolute Gasteiger partial charge is 0.184 e. The van der Waals surface area contributed by atoms with Crippen molar-refractivity contribution in [1.29, 1.82) is 5.26 Å². The van der Waals surface area contributed by atoms with E-state index in [0.717, 1.165) is 6.20 Å². The van der Waals surface area contributed by atoms with E-state index in [2.05, 4.69) is 4.98 Å². The van der Waals surface area contributed by atoms with Gasteiger partial charge in [-0.15, -0.1) is 0 Å². The molecular formula is C14H11ClFN3O. The number of pyridine rings is 1. The second-order valence-corrected chi connectivity index (χ2v) is 4.42. The quantitative estimate of drug-likeness (QED) is 0.640. The zero-order valence-electron chi connectivity index (χ0n) is 10.7. The molecule has 0 aliphatic carbocycles. The topological polar surface area (TPSA) is 49.1 Å². The van der Waals surface area contributed by atoms with Crippen molar-refractivity contribution in [3.8, 4) is 11.9 Å². The Morgan fingerprint density at radius 1 is 1.40 bits per heavy atom. The molecular weight excluding hydrogens is 281 g/mol. The minimum absolute atomic E-state index is 0.212. The van der Waals surface area contributed by atoms with E-state index in [9.17, 15) is 9.65 Å². The zero-order chi connectivity index (χ0) is 14.5. The molecule has 0 bridgehead atoms. The van der Waals surface area contributed by atoms with Crippen LogP contribution in [0.2, 0.25) is 5.02 Å². The Balaban J connectivity index is 2.25. The van der Waals surface area contributed by atoms with Crippen LogP contribution in [0.1, 0.15) is 5.56 Å². The standard InChI is InChI=1S/C14H11ClFN3O/c1-20-14-3-2-12(5-13(14)15)19(9-17)8-10-4-11(16)7-18-6-10/h2-7H,8H2,1H3. The van der Waals surface area contributed by atoms with Crippen LogP contribution in [0.25, 0.3) is 0 Å². The van der Waals surface area contributed by atoms with Crippen LogP contribution < -0.4 is 9.64 Å². The largest absolute Gasteiger partial charge is 0.495 e. The monoisotopic (exact) mass is 291 g/mol. The van der Waals surface area contributed by atoms with Gasteiger partial charge in [-0.1, -0.05) is 11.6 Å². The lowest BCUT2D eigenvalue weighted by molar-refractivity contribution is 0.415. The molecule has 0 aliphatic rings. The number of hydrogen-bond acceptors (Lipinski definition) is 4. The van der Waals surface area contributed by atoms with Crippen LogP contribution >= 0.6 is 11.6 Å². The first-order valence-electron chi connectivity index (χ1n) is 5.74. The number of anilines is 1. The minimum Gasteiger partial charge on any atom is -0.495 e. The van der Waals surface area contributed by atoms with Gasteiger partial charge in [0.1, 0.15) is 11.6 Å². The van der Waals surface area contributed by atoms with E-state index < -0.39 is 5.82 Å². The molecule has 0 spiro atoms. The molecule has 0 amide bonds. The van der Waals surface area contributed by atoms with Gasteiger partial charge in [0.25, 0.3) is 0 Å². The number of hydrogen-bond donors (Lipinski definition) is 0. The SMILES string of the molecule is COc1ccc(N(C#N)Cc2cncc(F)c2)cc1Cl. The van der Waals surface area contributed by atoms with Crippen LogP contribution in [0.15, 0.2) is 36.7 Å². The minimum atomic E-state index is -0.437. The maximum atomic E-state index is 13.1. The fourth-order valence-electron chi connectivity index (χ4n) is 1.73. The lowest BCUT2D eigenvalue weighted by Crippen LogP contribution is -2.16. The summed E-state index contributed by atoms with van der Waals surface area (Å²) in [6.07, 6.45) is 4.66. The van der Waals surface area contributed by atoms with Crippen LogP contribution in [0.3, 0.4) is 0 Å². The van der Waals surface area contributed by atoms with Gasteiger partial charge in [-0.2, -0.15) is 5.26 Å². The van der Waals surface area contributed by atoms with Gasteiger partial charge in [0.05, 0.1) is 30.6 Å². The summed E-state index contributed by atoms with van der Waals surface area (Å²) < 4.78 is 18.1. The summed E-state index contributed by atoms with van der Waals surface area (Å²) in [5.41, 5.74) is 1.20. The number of ether oxygens (including phenoxy) is 1. The van der Waals surface area contributed by atoms with Gasteiger partial charge in [0.15, 0.2) is 6.19 Å². The van der Waals surface area contributed by atoms with Crippen molar-refractivity contribution in [2.24, 2.45) is 0 Å². The van der Waals surface area contributed by atoms with E-state index in [0.29, 0.717) is 22.0 Å². The fraction of sp³-hybridized carbons (Fsp3) is 0.143. The second-order valence-electron chi connectivity index (χ2n) is 4.02. The van der Waals surface area contributed by atoms with Crippen molar-refractivity contribution >= 4 is 17.3 Å². The highest BCUT2D eigenvalue weighted by molar-refractivity contribution is 6.32. The van der Waals surface area contributed by atoms with E-state index in [1.165, 1.54) is 24.3 Å². The number of benzene rings is 1. The summed E-state index contributed by atoms with van der Waals surface area (Å²) in [5, 5.41) is 9.62. The molecule has 102 valence electrons. The molecule has 0 unspecified atom stereocenters. The number of nitriles is 1. The Bertz CT molecular complexity index is 657. The Morgan fingerprint density at radius 3 is 2.80 bits per heavy atom. The lowest BCUT2D eigenvalue weighted by atomic mass is 10.2. The van der Waals surface area contributed by atoms with Crippen LogP contribution in [-0.4, -0.2) is 12.1 Å². The van der Waals surface area contributed by atoms with Crippen molar-refractivity contribution < 1.29 is 9.13 Å². The molecule has 6 heteroatoms. The summed E-state index contributed by atoms with van der Waals surface area (Å²) in [5.74, 6) is 0.0916. The summed E-state index contributed by atoms with van der Waals surface area (Å²) in [6.45, 7) is 0.212. The molecule has 1 heterocycles. The van der Waals surface area contributed by atoms with Crippen molar-refractivity contribution in [3.05, 3.63) is 53.1 Å². The van der Waals surface area contributed by atoms with Gasteiger partial charge in [-0.05, 0) is 29.8 Å². The van der Waals surface area contributed by atoms with Gasteiger partial charge in [0.2, 0.25) is 0 Å². The number of aromatic nitrogens is 1. The third-order valence-corrected chi connectivity index (χ3v) is 2.97. The Morgan fingerprint density at radius 2 is 2.20 bits per heavy atom. The maximum Gasteiger partial charge on any atom is 0.184 e. The van der Waals surface area contributed by atoms with Gasteiger partial charge >= 0.3 is 0 Å². The Labute approximate surface area is 121 Å². The molecule has 2 rings (SSSR count). The van der Waals surface area contributed by atoms with E-state index in [4.69, 9.17) is 16.3 Å². The molecule has 0 radical (unpaired) electrons. The first kappa shape index (κ1) is 14.1. The van der Waals surface area contributed by atoms with Crippen LogP contribution in [0.5, 0.6) is 5.75 Å². The lowest BCUT2D eigenvalue weighted by Gasteiger charge is -2.16. The number of halogens is 2. The number of methoxy groups -OCH3 is 1. The molecule has 0 atom stereocenters. The predicted molar refractivity (Wildman–Crippen MR) is 74.0 cm³/mol. The summed E-state index contributed by atoms with van der Waals surface area (Å²) in [7, 11) is 1.52. The normalized spacial score (nSPS) is 9.90. The van der Waals surface area contributed by atoms with Crippen molar-refractivity contribution in [2.45, 2.75) is 6.54 Å². The molecule has 4 nitrogen and oxygen atoms in total. The van der Waals surface area contributed by atoms with E-state index in [1.54, 1.807) is 18.2 Å². The van der Waals surface area contributed by atoms with E-state index in [1.807, 2.05) is 6.19 Å². The highest BCUT2D eigenvalue weighted by atomic mass is 35.5. The average molecular weight is 292 g/mol. The number of rotatable bonds is 4. The maximum absolute atomic E-state index is 13.1. The van der Waals surface area contributed by atoms with Crippen molar-refractivity contribution in [2.75, 3.05) is 12.0 Å². The summed E-state index contributed by atoms with van der Waals surface area (Å²) in [6, 6.07) is 6.34. The summed E-state index contributed by atoms with van der Waals surface area (Å²) in [4.78, 5) is 5.14. The molecule has 0 N–H and O–H groups in total. The van der Waals surface area contributed by atoms with Crippen molar-refractivity contribution in [1.82, 2.24) is 4.98 Å². The summed E-state index contributed by atoms with van der Waals surface area (Å²) >= 11 is 6.03. The zero-order valence-corrected chi connectivity index (χ0v) is 11.4. The van der Waals surface area contributed by atoms with Gasteiger partial charge < -0.3 is 4.74 Å². The molecule has 2 aromatic rings. The molecule has 0 saturated carbocycles.